The molecule has 0 aromatic heterocycles. The Balaban J connectivity index is 1.70. The van der Waals surface area contributed by atoms with Crippen molar-refractivity contribution < 1.29 is 4.74 Å². The molecule has 0 radical (unpaired) electrons. The highest BCUT2D eigenvalue weighted by Gasteiger charge is 2.22. The average molecular weight is 212 g/mol. The van der Waals surface area contributed by atoms with Crippen LogP contribution in [-0.2, 0) is 4.74 Å². The zero-order valence-electron chi connectivity index (χ0n) is 9.28. The normalized spacial score (nSPS) is 29.1. The molecule has 1 aliphatic heterocycles. The standard InChI is InChI=1S/C10H20N4O/c1-14-4-5-15-9(7-14)6-12-10(11)13-8-2-3-8/h8-9H,2-7H2,1H3,(H3,11,12,13). The van der Waals surface area contributed by atoms with Gasteiger partial charge in [0.1, 0.15) is 0 Å². The average Bonchev–Trinajstić information content (AvgIpc) is 2.99. The fourth-order valence-corrected chi connectivity index (χ4v) is 1.66. The molecule has 1 saturated heterocycles. The number of aliphatic imine (C=N–C) groups is 1. The molecule has 2 rings (SSSR count). The first-order valence-corrected chi connectivity index (χ1v) is 5.60. The van der Waals surface area contributed by atoms with E-state index in [0.717, 1.165) is 19.7 Å². The zero-order valence-corrected chi connectivity index (χ0v) is 9.28. The topological polar surface area (TPSA) is 62.9 Å². The van der Waals surface area contributed by atoms with Crippen molar-refractivity contribution in [1.82, 2.24) is 10.2 Å². The summed E-state index contributed by atoms with van der Waals surface area (Å²) < 4.78 is 5.59. The molecule has 1 saturated carbocycles. The number of nitrogens with two attached hydrogens (primary N) is 1. The predicted octanol–water partition coefficient (Wildman–Crippen LogP) is -0.616. The van der Waals surface area contributed by atoms with E-state index in [0.29, 0.717) is 18.5 Å². The molecular weight excluding hydrogens is 192 g/mol. The summed E-state index contributed by atoms with van der Waals surface area (Å²) in [4.78, 5) is 6.55. The number of hydrogen-bond donors (Lipinski definition) is 2. The van der Waals surface area contributed by atoms with Crippen LogP contribution in [0.3, 0.4) is 0 Å². The molecule has 0 bridgehead atoms. The van der Waals surface area contributed by atoms with Gasteiger partial charge in [0, 0.05) is 19.1 Å². The molecule has 5 nitrogen and oxygen atoms in total. The lowest BCUT2D eigenvalue weighted by Gasteiger charge is -2.29. The Bertz CT molecular complexity index is 240. The van der Waals surface area contributed by atoms with Crippen LogP contribution in [0.1, 0.15) is 12.8 Å². The van der Waals surface area contributed by atoms with Gasteiger partial charge >= 0.3 is 0 Å². The van der Waals surface area contributed by atoms with E-state index < -0.39 is 0 Å². The number of rotatable bonds is 3. The second-order valence-corrected chi connectivity index (χ2v) is 4.40. The molecule has 0 aromatic rings. The lowest BCUT2D eigenvalue weighted by atomic mass is 10.3. The molecule has 1 aliphatic carbocycles. The minimum absolute atomic E-state index is 0.198. The summed E-state index contributed by atoms with van der Waals surface area (Å²) in [6.45, 7) is 3.42. The molecular formula is C10H20N4O. The molecule has 3 N–H and O–H groups in total. The number of nitrogens with zero attached hydrogens (tertiary/aromatic N) is 2. The number of guanidine groups is 1. The highest BCUT2D eigenvalue weighted by Crippen LogP contribution is 2.18. The van der Waals surface area contributed by atoms with Gasteiger partial charge in [-0.25, -0.2) is 0 Å². The summed E-state index contributed by atoms with van der Waals surface area (Å²) in [5.74, 6) is 0.564. The second kappa shape index (κ2) is 4.81. The number of hydrogen-bond acceptors (Lipinski definition) is 3. The van der Waals surface area contributed by atoms with Gasteiger partial charge in [0.05, 0.1) is 19.3 Å². The van der Waals surface area contributed by atoms with Gasteiger partial charge in [-0.15, -0.1) is 0 Å². The first-order valence-electron chi connectivity index (χ1n) is 5.60. The summed E-state index contributed by atoms with van der Waals surface area (Å²) in [5.41, 5.74) is 5.74. The van der Waals surface area contributed by atoms with Crippen molar-refractivity contribution in [3.63, 3.8) is 0 Å². The maximum absolute atomic E-state index is 5.74. The van der Waals surface area contributed by atoms with Crippen LogP contribution in [0.15, 0.2) is 4.99 Å². The molecule has 15 heavy (non-hydrogen) atoms. The first kappa shape index (κ1) is 10.7. The Labute approximate surface area is 90.7 Å². The third-order valence-electron chi connectivity index (χ3n) is 2.74. The Kier molecular flexibility index (Phi) is 3.43. The molecule has 1 heterocycles. The molecule has 1 unspecified atom stereocenters. The smallest absolute Gasteiger partial charge is 0.188 e. The van der Waals surface area contributed by atoms with Crippen molar-refractivity contribution in [2.75, 3.05) is 33.3 Å². The van der Waals surface area contributed by atoms with Crippen LogP contribution in [0.25, 0.3) is 0 Å². The van der Waals surface area contributed by atoms with E-state index in [4.69, 9.17) is 10.5 Å². The SMILES string of the molecule is CN1CCOC(CN=C(N)NC2CC2)C1. The Morgan fingerprint density at radius 1 is 1.60 bits per heavy atom. The van der Waals surface area contributed by atoms with Gasteiger partial charge in [-0.3, -0.25) is 4.99 Å². The Morgan fingerprint density at radius 2 is 2.40 bits per heavy atom. The number of nitrogens with one attached hydrogen (secondary N) is 1. The van der Waals surface area contributed by atoms with E-state index in [1.807, 2.05) is 0 Å². The Morgan fingerprint density at radius 3 is 3.07 bits per heavy atom. The summed E-state index contributed by atoms with van der Waals surface area (Å²) >= 11 is 0. The van der Waals surface area contributed by atoms with Crippen molar-refractivity contribution >= 4 is 5.96 Å². The maximum Gasteiger partial charge on any atom is 0.188 e. The summed E-state index contributed by atoms with van der Waals surface area (Å²) in [6, 6.07) is 0.573. The molecule has 0 aromatic carbocycles. The third-order valence-corrected chi connectivity index (χ3v) is 2.74. The van der Waals surface area contributed by atoms with Gasteiger partial charge in [-0.05, 0) is 19.9 Å². The van der Waals surface area contributed by atoms with Crippen molar-refractivity contribution in [3.8, 4) is 0 Å². The van der Waals surface area contributed by atoms with Crippen molar-refractivity contribution in [1.29, 1.82) is 0 Å². The molecule has 2 aliphatic rings. The van der Waals surface area contributed by atoms with Crippen molar-refractivity contribution in [2.24, 2.45) is 10.7 Å². The predicted molar refractivity (Wildman–Crippen MR) is 59.9 cm³/mol. The lowest BCUT2D eigenvalue weighted by molar-refractivity contribution is -0.0136. The Hall–Kier alpha value is -0.810. The van der Waals surface area contributed by atoms with Crippen LogP contribution in [0.4, 0.5) is 0 Å². The van der Waals surface area contributed by atoms with Gasteiger partial charge in [0.25, 0.3) is 0 Å². The molecule has 2 fully saturated rings. The maximum atomic E-state index is 5.74. The molecule has 1 atom stereocenters. The second-order valence-electron chi connectivity index (χ2n) is 4.40. The highest BCUT2D eigenvalue weighted by atomic mass is 16.5. The van der Waals surface area contributed by atoms with Crippen LogP contribution in [0.5, 0.6) is 0 Å². The van der Waals surface area contributed by atoms with Gasteiger partial charge in [-0.2, -0.15) is 0 Å². The number of morpholine rings is 1. The monoisotopic (exact) mass is 212 g/mol. The van der Waals surface area contributed by atoms with E-state index in [-0.39, 0.29) is 6.10 Å². The van der Waals surface area contributed by atoms with E-state index in [9.17, 15) is 0 Å². The molecule has 86 valence electrons. The van der Waals surface area contributed by atoms with E-state index in [1.165, 1.54) is 12.8 Å². The zero-order chi connectivity index (χ0) is 10.7. The van der Waals surface area contributed by atoms with Gasteiger partial charge in [0.15, 0.2) is 5.96 Å². The van der Waals surface area contributed by atoms with Crippen molar-refractivity contribution in [3.05, 3.63) is 0 Å². The van der Waals surface area contributed by atoms with Gasteiger partial charge in [-0.1, -0.05) is 0 Å². The summed E-state index contributed by atoms with van der Waals surface area (Å²) in [6.07, 6.45) is 2.64. The van der Waals surface area contributed by atoms with Crippen LogP contribution in [-0.4, -0.2) is 56.3 Å². The minimum atomic E-state index is 0.198. The number of ether oxygens (including phenoxy) is 1. The summed E-state index contributed by atoms with van der Waals surface area (Å²) in [5, 5.41) is 3.16. The fraction of sp³-hybridized carbons (Fsp3) is 0.900. The van der Waals surface area contributed by atoms with E-state index in [2.05, 4.69) is 22.3 Å². The molecule has 5 heteroatoms. The largest absolute Gasteiger partial charge is 0.374 e. The van der Waals surface area contributed by atoms with Crippen LogP contribution < -0.4 is 11.1 Å². The van der Waals surface area contributed by atoms with Crippen LogP contribution >= 0.6 is 0 Å². The van der Waals surface area contributed by atoms with Crippen molar-refractivity contribution in [2.45, 2.75) is 25.0 Å². The minimum Gasteiger partial charge on any atom is -0.374 e. The lowest BCUT2D eigenvalue weighted by Crippen LogP contribution is -2.42. The highest BCUT2D eigenvalue weighted by molar-refractivity contribution is 5.78. The van der Waals surface area contributed by atoms with E-state index >= 15 is 0 Å². The number of likely N-dealkylation sites (N-methyl/N-ethyl adjacent to an activating group) is 1. The third kappa shape index (κ3) is 3.68. The quantitative estimate of drug-likeness (QED) is 0.483. The first-order chi connectivity index (χ1) is 7.24. The van der Waals surface area contributed by atoms with E-state index in [1.54, 1.807) is 0 Å². The molecule has 0 amide bonds. The van der Waals surface area contributed by atoms with Gasteiger partial charge in [0.2, 0.25) is 0 Å². The molecule has 0 spiro atoms. The van der Waals surface area contributed by atoms with Gasteiger partial charge < -0.3 is 20.7 Å². The van der Waals surface area contributed by atoms with Crippen LogP contribution in [0, 0.1) is 0 Å². The summed E-state index contributed by atoms with van der Waals surface area (Å²) in [7, 11) is 2.10. The fourth-order valence-electron chi connectivity index (χ4n) is 1.66. The van der Waals surface area contributed by atoms with Crippen LogP contribution in [0.2, 0.25) is 0 Å².